The molecule has 0 amide bonds. The number of hydrogen-bond donors (Lipinski definition) is 2. The molecule has 0 radical (unpaired) electrons. The second-order valence-corrected chi connectivity index (χ2v) is 9.54. The smallest absolute Gasteiger partial charge is 0.203 e. The third-order valence-electron chi connectivity index (χ3n) is 7.15. The minimum atomic E-state index is -0.283. The maximum Gasteiger partial charge on any atom is 0.203 e. The van der Waals surface area contributed by atoms with Crippen LogP contribution in [0.5, 0.6) is 23.0 Å². The fourth-order valence-corrected chi connectivity index (χ4v) is 5.29. The summed E-state index contributed by atoms with van der Waals surface area (Å²) in [5.74, 6) is 2.59. The molecule has 0 spiro atoms. The Morgan fingerprint density at radius 1 is 0.842 bits per heavy atom. The van der Waals surface area contributed by atoms with E-state index in [4.69, 9.17) is 18.9 Å². The standard InChI is InChI=1S/C31H34N2O5/c1-5-14-38-22-12-10-19(11-13-22)30-29-25(32-23-8-6-7-9-24(23)33-30)15-20(16-26(29)34)21-17-27(35-2)31(37-4)28(18-21)36-3/h6-13,17-18,20,30,32-33H,5,14-16H2,1-4H3/t20-,30-/m1/s1. The minimum absolute atomic E-state index is 0.0433. The van der Waals surface area contributed by atoms with E-state index < -0.39 is 0 Å². The first-order valence-corrected chi connectivity index (χ1v) is 13.0. The molecule has 198 valence electrons. The Balaban J connectivity index is 1.55. The van der Waals surface area contributed by atoms with Crippen LogP contribution in [-0.2, 0) is 4.79 Å². The van der Waals surface area contributed by atoms with Crippen LogP contribution in [0.25, 0.3) is 0 Å². The first kappa shape index (κ1) is 25.5. The molecule has 0 unspecified atom stereocenters. The number of benzene rings is 3. The monoisotopic (exact) mass is 514 g/mol. The number of Topliss-reactive ketones (excluding diaryl/α,β-unsaturated/α-hetero) is 1. The molecular formula is C31H34N2O5. The van der Waals surface area contributed by atoms with Crippen molar-refractivity contribution in [3.8, 4) is 23.0 Å². The molecule has 7 nitrogen and oxygen atoms in total. The Labute approximate surface area is 223 Å². The Morgan fingerprint density at radius 2 is 1.53 bits per heavy atom. The van der Waals surface area contributed by atoms with Gasteiger partial charge in [-0.3, -0.25) is 4.79 Å². The van der Waals surface area contributed by atoms with Gasteiger partial charge in [0.15, 0.2) is 17.3 Å². The van der Waals surface area contributed by atoms with Crippen molar-refractivity contribution in [2.24, 2.45) is 0 Å². The molecule has 5 rings (SSSR count). The number of carbonyl (C=O) groups is 1. The van der Waals surface area contributed by atoms with Crippen LogP contribution >= 0.6 is 0 Å². The molecule has 0 fully saturated rings. The summed E-state index contributed by atoms with van der Waals surface area (Å²) in [5.41, 5.74) is 5.58. The van der Waals surface area contributed by atoms with Crippen LogP contribution in [0.15, 0.2) is 71.9 Å². The summed E-state index contributed by atoms with van der Waals surface area (Å²) >= 11 is 0. The first-order chi connectivity index (χ1) is 18.6. The SMILES string of the molecule is CCCOc1ccc([C@H]2Nc3ccccc3NC3=C2C(=O)C[C@H](c2cc(OC)c(OC)c(OC)c2)C3)cc1. The van der Waals surface area contributed by atoms with Crippen molar-refractivity contribution in [3.63, 3.8) is 0 Å². The van der Waals surface area contributed by atoms with Crippen LogP contribution in [0.1, 0.15) is 49.3 Å². The summed E-state index contributed by atoms with van der Waals surface area (Å²) in [5, 5.41) is 7.23. The summed E-state index contributed by atoms with van der Waals surface area (Å²) < 4.78 is 22.4. The van der Waals surface area contributed by atoms with E-state index in [2.05, 4.69) is 17.6 Å². The Kier molecular flexibility index (Phi) is 7.45. The van der Waals surface area contributed by atoms with E-state index in [0.29, 0.717) is 36.7 Å². The summed E-state index contributed by atoms with van der Waals surface area (Å²) in [6, 6.07) is 19.7. The van der Waals surface area contributed by atoms with Gasteiger partial charge in [0.1, 0.15) is 5.75 Å². The normalized spacial score (nSPS) is 18.4. The number of nitrogens with one attached hydrogen (secondary N) is 2. The Morgan fingerprint density at radius 3 is 2.16 bits per heavy atom. The van der Waals surface area contributed by atoms with Crippen molar-refractivity contribution in [2.45, 2.75) is 38.1 Å². The second-order valence-electron chi connectivity index (χ2n) is 9.54. The maximum atomic E-state index is 13.9. The highest BCUT2D eigenvalue weighted by Crippen LogP contribution is 2.47. The number of ketones is 1. The number of ether oxygens (including phenoxy) is 4. The molecule has 2 atom stereocenters. The third-order valence-corrected chi connectivity index (χ3v) is 7.15. The lowest BCUT2D eigenvalue weighted by atomic mass is 9.78. The number of fused-ring (bicyclic) bond motifs is 1. The topological polar surface area (TPSA) is 78.1 Å². The first-order valence-electron chi connectivity index (χ1n) is 13.0. The molecule has 1 heterocycles. The average Bonchev–Trinajstić information content (AvgIpc) is 3.12. The summed E-state index contributed by atoms with van der Waals surface area (Å²) in [7, 11) is 4.79. The Hall–Kier alpha value is -4.13. The van der Waals surface area contributed by atoms with Gasteiger partial charge in [0.25, 0.3) is 0 Å². The van der Waals surface area contributed by atoms with Gasteiger partial charge in [-0.1, -0.05) is 31.2 Å². The van der Waals surface area contributed by atoms with E-state index in [1.54, 1.807) is 21.3 Å². The van der Waals surface area contributed by atoms with Crippen LogP contribution in [0.3, 0.4) is 0 Å². The van der Waals surface area contributed by atoms with E-state index in [1.165, 1.54) is 0 Å². The van der Waals surface area contributed by atoms with Crippen molar-refractivity contribution in [2.75, 3.05) is 38.6 Å². The van der Waals surface area contributed by atoms with Gasteiger partial charge in [0.05, 0.1) is 45.4 Å². The van der Waals surface area contributed by atoms with Gasteiger partial charge in [0.2, 0.25) is 5.75 Å². The maximum absolute atomic E-state index is 13.9. The molecular weight excluding hydrogens is 480 g/mol. The fraction of sp³-hybridized carbons (Fsp3) is 0.323. The zero-order valence-corrected chi connectivity index (χ0v) is 22.3. The van der Waals surface area contributed by atoms with E-state index in [9.17, 15) is 4.79 Å². The summed E-state index contributed by atoms with van der Waals surface area (Å²) in [4.78, 5) is 13.9. The highest BCUT2D eigenvalue weighted by molar-refractivity contribution is 6.01. The van der Waals surface area contributed by atoms with E-state index in [0.717, 1.165) is 45.9 Å². The van der Waals surface area contributed by atoms with Gasteiger partial charge >= 0.3 is 0 Å². The van der Waals surface area contributed by atoms with Gasteiger partial charge in [0, 0.05) is 17.7 Å². The van der Waals surface area contributed by atoms with Gasteiger partial charge < -0.3 is 29.6 Å². The van der Waals surface area contributed by atoms with Crippen molar-refractivity contribution in [1.29, 1.82) is 0 Å². The van der Waals surface area contributed by atoms with Crippen molar-refractivity contribution >= 4 is 17.2 Å². The number of hydrogen-bond acceptors (Lipinski definition) is 7. The molecule has 2 N–H and O–H groups in total. The number of allylic oxidation sites excluding steroid dienone is 1. The van der Waals surface area contributed by atoms with E-state index >= 15 is 0 Å². The van der Waals surface area contributed by atoms with Gasteiger partial charge in [-0.2, -0.15) is 0 Å². The van der Waals surface area contributed by atoms with Gasteiger partial charge in [-0.15, -0.1) is 0 Å². The number of carbonyl (C=O) groups excluding carboxylic acids is 1. The molecule has 0 saturated carbocycles. The Bertz CT molecular complexity index is 1320. The average molecular weight is 515 g/mol. The van der Waals surface area contributed by atoms with Crippen LogP contribution in [-0.4, -0.2) is 33.7 Å². The van der Waals surface area contributed by atoms with E-state index in [1.807, 2.05) is 60.7 Å². The molecule has 0 aromatic heterocycles. The largest absolute Gasteiger partial charge is 0.494 e. The van der Waals surface area contributed by atoms with E-state index in [-0.39, 0.29) is 17.7 Å². The van der Waals surface area contributed by atoms with Crippen LogP contribution < -0.4 is 29.6 Å². The lowest BCUT2D eigenvalue weighted by Crippen LogP contribution is -2.27. The lowest BCUT2D eigenvalue weighted by Gasteiger charge is -2.30. The zero-order valence-electron chi connectivity index (χ0n) is 22.3. The molecule has 1 aliphatic carbocycles. The zero-order chi connectivity index (χ0) is 26.6. The highest BCUT2D eigenvalue weighted by atomic mass is 16.5. The predicted molar refractivity (Wildman–Crippen MR) is 149 cm³/mol. The number of para-hydroxylation sites is 2. The molecule has 38 heavy (non-hydrogen) atoms. The van der Waals surface area contributed by atoms with Crippen LogP contribution in [0.4, 0.5) is 11.4 Å². The minimum Gasteiger partial charge on any atom is -0.494 e. The van der Waals surface area contributed by atoms with Gasteiger partial charge in [-0.05, 0) is 66.3 Å². The fourth-order valence-electron chi connectivity index (χ4n) is 5.29. The molecule has 0 saturated heterocycles. The van der Waals surface area contributed by atoms with Crippen molar-refractivity contribution in [3.05, 3.63) is 83.1 Å². The van der Waals surface area contributed by atoms with Crippen LogP contribution in [0, 0.1) is 0 Å². The molecule has 7 heteroatoms. The lowest BCUT2D eigenvalue weighted by molar-refractivity contribution is -0.116. The second kappa shape index (κ2) is 11.1. The highest BCUT2D eigenvalue weighted by Gasteiger charge is 2.36. The molecule has 3 aromatic rings. The van der Waals surface area contributed by atoms with Crippen molar-refractivity contribution < 1.29 is 23.7 Å². The number of anilines is 2. The summed E-state index contributed by atoms with van der Waals surface area (Å²) in [6.07, 6.45) is 2.00. The third kappa shape index (κ3) is 4.88. The molecule has 2 aliphatic rings. The predicted octanol–water partition coefficient (Wildman–Crippen LogP) is 6.48. The molecule has 3 aromatic carbocycles. The van der Waals surface area contributed by atoms with Gasteiger partial charge in [-0.25, -0.2) is 0 Å². The summed E-state index contributed by atoms with van der Waals surface area (Å²) in [6.45, 7) is 2.76. The molecule has 1 aliphatic heterocycles. The quantitative estimate of drug-likeness (QED) is 0.356. The van der Waals surface area contributed by atoms with Crippen molar-refractivity contribution in [1.82, 2.24) is 0 Å². The molecule has 0 bridgehead atoms. The number of rotatable bonds is 8. The number of methoxy groups -OCH3 is 3. The van der Waals surface area contributed by atoms with Crippen LogP contribution in [0.2, 0.25) is 0 Å².